The molecular formula is C33H33FN4O3. The van der Waals surface area contributed by atoms with E-state index in [0.717, 1.165) is 33.5 Å². The number of benzene rings is 3. The Balaban J connectivity index is 1.38. The molecule has 6 rings (SSSR count). The lowest BCUT2D eigenvalue weighted by molar-refractivity contribution is 0.0741. The molecule has 41 heavy (non-hydrogen) atoms. The van der Waals surface area contributed by atoms with E-state index in [1.165, 1.54) is 0 Å². The Labute approximate surface area is 238 Å². The summed E-state index contributed by atoms with van der Waals surface area (Å²) in [5.41, 5.74) is 2.97. The number of nitrogens with one attached hydrogen (secondary N) is 1. The van der Waals surface area contributed by atoms with Gasteiger partial charge in [-0.1, -0.05) is 44.2 Å². The fourth-order valence-corrected chi connectivity index (χ4v) is 5.78. The zero-order valence-corrected chi connectivity index (χ0v) is 23.7. The van der Waals surface area contributed by atoms with Crippen molar-refractivity contribution in [2.75, 3.05) is 45.3 Å². The number of carbonyl (C=O) groups is 1. The Morgan fingerprint density at radius 2 is 1.71 bits per heavy atom. The van der Waals surface area contributed by atoms with Gasteiger partial charge in [-0.15, -0.1) is 0 Å². The quantitative estimate of drug-likeness (QED) is 0.256. The summed E-state index contributed by atoms with van der Waals surface area (Å²) in [7, 11) is 3.28. The first kappa shape index (κ1) is 26.6. The number of H-pyrrole nitrogens is 1. The standard InChI is InChI=1S/C33H33FN4O3/c1-20(2)24-18-25(23-12-11-21-8-5-6-9-22(21)31(23)41-4)26-19-27(36-30(26)29(24)34)33(39)38-16-14-37(15-17-38)32-28(40-3)10-7-13-35-32/h5-13,18-20,36H,14-17H2,1-4H3. The van der Waals surface area contributed by atoms with Gasteiger partial charge in [0, 0.05) is 48.7 Å². The second-order valence-electron chi connectivity index (χ2n) is 10.6. The number of fused-ring (bicyclic) bond motifs is 2. The highest BCUT2D eigenvalue weighted by atomic mass is 19.1. The molecule has 1 saturated heterocycles. The van der Waals surface area contributed by atoms with Gasteiger partial charge < -0.3 is 24.3 Å². The molecule has 5 aromatic rings. The number of aromatic nitrogens is 2. The highest BCUT2D eigenvalue weighted by Gasteiger charge is 2.27. The lowest BCUT2D eigenvalue weighted by Crippen LogP contribution is -2.49. The molecule has 7 nitrogen and oxygen atoms in total. The second kappa shape index (κ2) is 10.8. The first-order valence-electron chi connectivity index (χ1n) is 13.9. The molecule has 210 valence electrons. The van der Waals surface area contributed by atoms with Crippen molar-refractivity contribution in [1.82, 2.24) is 14.9 Å². The van der Waals surface area contributed by atoms with Crippen molar-refractivity contribution >= 4 is 33.4 Å². The van der Waals surface area contributed by atoms with Crippen LogP contribution in [0.15, 0.2) is 66.9 Å². The number of nitrogens with zero attached hydrogens (tertiary/aromatic N) is 3. The molecule has 1 aliphatic rings. The minimum atomic E-state index is -0.329. The summed E-state index contributed by atoms with van der Waals surface area (Å²) in [4.78, 5) is 25.2. The molecule has 0 saturated carbocycles. The van der Waals surface area contributed by atoms with E-state index in [9.17, 15) is 4.79 Å². The van der Waals surface area contributed by atoms with Crippen LogP contribution >= 0.6 is 0 Å². The SMILES string of the molecule is COc1cccnc1N1CCN(C(=O)c2cc3c(-c4ccc5ccccc5c4OC)cc(C(C)C)c(F)c3[nH]2)CC1. The molecule has 1 fully saturated rings. The van der Waals surface area contributed by atoms with Crippen LogP contribution in [0.25, 0.3) is 32.8 Å². The van der Waals surface area contributed by atoms with Crippen LogP contribution in [0.3, 0.4) is 0 Å². The predicted molar refractivity (Wildman–Crippen MR) is 161 cm³/mol. The number of methoxy groups -OCH3 is 2. The first-order chi connectivity index (χ1) is 19.9. The number of carbonyl (C=O) groups excluding carboxylic acids is 1. The van der Waals surface area contributed by atoms with E-state index in [1.54, 1.807) is 31.4 Å². The number of anilines is 1. The van der Waals surface area contributed by atoms with Crippen LogP contribution in [0, 0.1) is 5.82 Å². The molecule has 0 atom stereocenters. The van der Waals surface area contributed by atoms with E-state index < -0.39 is 0 Å². The van der Waals surface area contributed by atoms with Crippen molar-refractivity contribution in [2.24, 2.45) is 0 Å². The third kappa shape index (κ3) is 4.63. The lowest BCUT2D eigenvalue weighted by Gasteiger charge is -2.35. The van der Waals surface area contributed by atoms with Crippen molar-refractivity contribution < 1.29 is 18.7 Å². The van der Waals surface area contributed by atoms with Gasteiger partial charge in [-0.25, -0.2) is 9.37 Å². The molecule has 3 heterocycles. The molecule has 0 radical (unpaired) electrons. The van der Waals surface area contributed by atoms with Crippen molar-refractivity contribution in [3.8, 4) is 22.6 Å². The smallest absolute Gasteiger partial charge is 0.270 e. The van der Waals surface area contributed by atoms with E-state index in [-0.39, 0.29) is 17.6 Å². The van der Waals surface area contributed by atoms with Crippen molar-refractivity contribution in [3.63, 3.8) is 0 Å². The normalized spacial score (nSPS) is 13.8. The van der Waals surface area contributed by atoms with Crippen LogP contribution in [0.5, 0.6) is 11.5 Å². The highest BCUT2D eigenvalue weighted by molar-refractivity contribution is 6.06. The lowest BCUT2D eigenvalue weighted by atomic mass is 9.92. The maximum absolute atomic E-state index is 15.9. The summed E-state index contributed by atoms with van der Waals surface area (Å²) in [5.74, 6) is 1.66. The maximum atomic E-state index is 15.9. The molecule has 1 N–H and O–H groups in total. The summed E-state index contributed by atoms with van der Waals surface area (Å²) in [5, 5.41) is 2.69. The first-order valence-corrected chi connectivity index (χ1v) is 13.9. The number of piperazine rings is 1. The highest BCUT2D eigenvalue weighted by Crippen LogP contribution is 2.42. The number of aromatic amines is 1. The molecule has 0 unspecified atom stereocenters. The zero-order valence-electron chi connectivity index (χ0n) is 23.7. The van der Waals surface area contributed by atoms with Crippen molar-refractivity contribution in [3.05, 3.63) is 83.9 Å². The third-order valence-electron chi connectivity index (χ3n) is 7.94. The average Bonchev–Trinajstić information content (AvgIpc) is 3.46. The second-order valence-corrected chi connectivity index (χ2v) is 10.6. The van der Waals surface area contributed by atoms with Crippen LogP contribution in [0.2, 0.25) is 0 Å². The van der Waals surface area contributed by atoms with Gasteiger partial charge in [0.05, 0.1) is 19.7 Å². The van der Waals surface area contributed by atoms with Crippen molar-refractivity contribution in [2.45, 2.75) is 19.8 Å². The zero-order chi connectivity index (χ0) is 28.7. The van der Waals surface area contributed by atoms with Crippen LogP contribution in [-0.2, 0) is 0 Å². The number of rotatable bonds is 6. The summed E-state index contributed by atoms with van der Waals surface area (Å²) in [6.45, 7) is 6.20. The average molecular weight is 553 g/mol. The molecule has 2 aromatic heterocycles. The largest absolute Gasteiger partial charge is 0.495 e. The van der Waals surface area contributed by atoms with Gasteiger partial charge in [0.2, 0.25) is 0 Å². The topological polar surface area (TPSA) is 70.7 Å². The van der Waals surface area contributed by atoms with Gasteiger partial charge in [0.1, 0.15) is 11.4 Å². The minimum absolute atomic E-state index is 0.0521. The fourth-order valence-electron chi connectivity index (χ4n) is 5.78. The Hall–Kier alpha value is -4.59. The fraction of sp³-hybridized carbons (Fsp3) is 0.273. The number of halogens is 1. The van der Waals surface area contributed by atoms with E-state index in [2.05, 4.69) is 14.9 Å². The number of hydrogen-bond acceptors (Lipinski definition) is 5. The number of pyridine rings is 1. The molecule has 1 aliphatic heterocycles. The summed E-state index contributed by atoms with van der Waals surface area (Å²) < 4.78 is 27.2. The van der Waals surface area contributed by atoms with E-state index >= 15 is 4.39 Å². The number of amides is 1. The minimum Gasteiger partial charge on any atom is -0.495 e. The van der Waals surface area contributed by atoms with Crippen molar-refractivity contribution in [1.29, 1.82) is 0 Å². The maximum Gasteiger partial charge on any atom is 0.270 e. The molecule has 0 aliphatic carbocycles. The summed E-state index contributed by atoms with van der Waals surface area (Å²) >= 11 is 0. The van der Waals surface area contributed by atoms with Gasteiger partial charge >= 0.3 is 0 Å². The van der Waals surface area contributed by atoms with E-state index in [1.807, 2.05) is 68.4 Å². The Morgan fingerprint density at radius 1 is 0.927 bits per heavy atom. The van der Waals surface area contributed by atoms with Crippen LogP contribution in [0.1, 0.15) is 35.8 Å². The number of hydrogen-bond donors (Lipinski definition) is 1. The van der Waals surface area contributed by atoms with Gasteiger partial charge in [-0.3, -0.25) is 4.79 Å². The monoisotopic (exact) mass is 552 g/mol. The van der Waals surface area contributed by atoms with Gasteiger partial charge in [0.25, 0.3) is 5.91 Å². The van der Waals surface area contributed by atoms with Crippen LogP contribution < -0.4 is 14.4 Å². The Kier molecular flexibility index (Phi) is 6.99. The van der Waals surface area contributed by atoms with Gasteiger partial charge in [0.15, 0.2) is 17.4 Å². The molecule has 0 spiro atoms. The van der Waals surface area contributed by atoms with Gasteiger partial charge in [-0.2, -0.15) is 0 Å². The van der Waals surface area contributed by atoms with E-state index in [4.69, 9.17) is 9.47 Å². The molecular weight excluding hydrogens is 519 g/mol. The molecule has 8 heteroatoms. The van der Waals surface area contributed by atoms with Crippen LogP contribution in [0.4, 0.5) is 10.2 Å². The molecule has 0 bridgehead atoms. The third-order valence-corrected chi connectivity index (χ3v) is 7.94. The van der Waals surface area contributed by atoms with Crippen LogP contribution in [-0.4, -0.2) is 61.2 Å². The number of ether oxygens (including phenoxy) is 2. The van der Waals surface area contributed by atoms with E-state index in [0.29, 0.717) is 54.1 Å². The Morgan fingerprint density at radius 3 is 2.44 bits per heavy atom. The summed E-state index contributed by atoms with van der Waals surface area (Å²) in [6.07, 6.45) is 1.74. The summed E-state index contributed by atoms with van der Waals surface area (Å²) in [6, 6.07) is 19.5. The predicted octanol–water partition coefficient (Wildman–Crippen LogP) is 6.63. The molecule has 1 amide bonds. The molecule has 3 aromatic carbocycles. The van der Waals surface area contributed by atoms with Gasteiger partial charge in [-0.05, 0) is 52.8 Å². The Bertz CT molecular complexity index is 1760.